The Kier molecular flexibility index (Phi) is 6.21. The molecule has 0 bridgehead atoms. The predicted octanol–water partition coefficient (Wildman–Crippen LogP) is -1.77. The zero-order valence-electron chi connectivity index (χ0n) is 4.75. The van der Waals surface area contributed by atoms with Crippen LogP contribution >= 0.6 is 0 Å². The van der Waals surface area contributed by atoms with Gasteiger partial charge in [-0.3, -0.25) is 9.11 Å². The van der Waals surface area contributed by atoms with Crippen molar-refractivity contribution in [3.05, 3.63) is 0 Å². The topological polar surface area (TPSA) is 118 Å². The van der Waals surface area contributed by atoms with Crippen molar-refractivity contribution in [2.45, 2.75) is 0 Å². The normalized spacial score (nSPS) is 12.2. The Morgan fingerprint density at radius 2 is 1.10 bits per heavy atom. The van der Waals surface area contributed by atoms with Crippen molar-refractivity contribution in [3.63, 3.8) is 0 Å². The standard InChI is InChI=1S/K.H2O7S2/c;1-8(2,3)7-9(4,5)6/h;(H,1,2,3)(H,4,5,6). The minimum absolute atomic E-state index is 0. The maximum atomic E-state index is 9.44. The molecule has 10 heavy (non-hydrogen) atoms. The maximum Gasteiger partial charge on any atom is 0.413 e. The summed E-state index contributed by atoms with van der Waals surface area (Å²) in [5.41, 5.74) is 0. The Bertz CT molecular complexity index is 237. The van der Waals surface area contributed by atoms with Gasteiger partial charge in [-0.15, -0.1) is 3.63 Å². The first-order chi connectivity index (χ1) is 3.71. The van der Waals surface area contributed by atoms with Crippen LogP contribution in [0.5, 0.6) is 0 Å². The van der Waals surface area contributed by atoms with Gasteiger partial charge in [-0.05, 0) is 0 Å². The molecule has 0 unspecified atom stereocenters. The summed E-state index contributed by atoms with van der Waals surface area (Å²) in [4.78, 5) is 0. The van der Waals surface area contributed by atoms with E-state index in [0.717, 1.165) is 0 Å². The van der Waals surface area contributed by atoms with Gasteiger partial charge >= 0.3 is 20.8 Å². The Labute approximate surface area is 100 Å². The van der Waals surface area contributed by atoms with Crippen molar-refractivity contribution >= 4 is 72.2 Å². The van der Waals surface area contributed by atoms with Crippen LogP contribution < -0.4 is 0 Å². The van der Waals surface area contributed by atoms with Gasteiger partial charge in [0, 0.05) is 51.4 Å². The second-order valence-electron chi connectivity index (χ2n) is 0.924. The molecule has 0 amide bonds. The predicted molar refractivity (Wildman–Crippen MR) is 29.9 cm³/mol. The van der Waals surface area contributed by atoms with E-state index in [9.17, 15) is 16.8 Å². The molecule has 0 aliphatic carbocycles. The van der Waals surface area contributed by atoms with E-state index in [0.29, 0.717) is 0 Å². The molecular weight excluding hydrogens is 215 g/mol. The van der Waals surface area contributed by atoms with Crippen LogP contribution in [-0.4, -0.2) is 77.3 Å². The molecule has 2 N–H and O–H groups in total. The average molecular weight is 217 g/mol. The van der Waals surface area contributed by atoms with E-state index in [4.69, 9.17) is 9.11 Å². The van der Waals surface area contributed by atoms with Crippen LogP contribution in [0, 0.1) is 0 Å². The number of rotatable bonds is 2. The summed E-state index contributed by atoms with van der Waals surface area (Å²) >= 11 is 0. The number of hydrogen-bond acceptors (Lipinski definition) is 5. The fraction of sp³-hybridized carbons (Fsp3) is 0. The van der Waals surface area contributed by atoms with Crippen molar-refractivity contribution in [1.82, 2.24) is 0 Å². The second kappa shape index (κ2) is 4.44. The monoisotopic (exact) mass is 217 g/mol. The summed E-state index contributed by atoms with van der Waals surface area (Å²) in [6.45, 7) is 0. The fourth-order valence-electron chi connectivity index (χ4n) is 0.109. The van der Waals surface area contributed by atoms with Crippen LogP contribution in [0.2, 0.25) is 0 Å². The van der Waals surface area contributed by atoms with E-state index in [1.165, 1.54) is 0 Å². The van der Waals surface area contributed by atoms with Crippen LogP contribution in [0.15, 0.2) is 0 Å². The molecule has 1 radical (unpaired) electrons. The zero-order valence-corrected chi connectivity index (χ0v) is 9.51. The first-order valence-electron chi connectivity index (χ1n) is 1.37. The number of hydrogen-bond donors (Lipinski definition) is 2. The fourth-order valence-corrected chi connectivity index (χ4v) is 0.978. The van der Waals surface area contributed by atoms with Crippen molar-refractivity contribution in [3.8, 4) is 0 Å². The van der Waals surface area contributed by atoms with Crippen molar-refractivity contribution in [2.24, 2.45) is 0 Å². The molecule has 0 spiro atoms. The molecule has 0 fully saturated rings. The van der Waals surface area contributed by atoms with Gasteiger partial charge in [0.05, 0.1) is 0 Å². The molecule has 0 aromatic rings. The summed E-state index contributed by atoms with van der Waals surface area (Å²) in [5.74, 6) is 0. The van der Waals surface area contributed by atoms with E-state index < -0.39 is 20.8 Å². The van der Waals surface area contributed by atoms with E-state index in [1.54, 1.807) is 0 Å². The van der Waals surface area contributed by atoms with Gasteiger partial charge in [0.2, 0.25) is 0 Å². The third kappa shape index (κ3) is 12.1. The minimum Gasteiger partial charge on any atom is -0.263 e. The van der Waals surface area contributed by atoms with Crippen LogP contribution in [0.3, 0.4) is 0 Å². The average Bonchev–Trinajstić information content (AvgIpc) is 1.14. The largest absolute Gasteiger partial charge is 0.413 e. The summed E-state index contributed by atoms with van der Waals surface area (Å²) in [6, 6.07) is 0. The molecule has 0 saturated heterocycles. The van der Waals surface area contributed by atoms with E-state index in [-0.39, 0.29) is 51.4 Å². The summed E-state index contributed by atoms with van der Waals surface area (Å²) in [5, 5.41) is 0. The smallest absolute Gasteiger partial charge is 0.263 e. The molecule has 0 heterocycles. The van der Waals surface area contributed by atoms with Crippen LogP contribution in [0.1, 0.15) is 0 Å². The van der Waals surface area contributed by atoms with Crippen molar-refractivity contribution in [1.29, 1.82) is 0 Å². The quantitative estimate of drug-likeness (QED) is 0.415. The molecule has 10 heteroatoms. The van der Waals surface area contributed by atoms with Crippen molar-refractivity contribution in [2.75, 3.05) is 0 Å². The molecule has 0 atom stereocenters. The Morgan fingerprint density at radius 3 is 1.10 bits per heavy atom. The Morgan fingerprint density at radius 1 is 0.900 bits per heavy atom. The van der Waals surface area contributed by atoms with Gasteiger partial charge in [-0.25, -0.2) is 0 Å². The SMILES string of the molecule is O=S(=O)(O)OS(=O)(=O)O.[K]. The minimum atomic E-state index is -5.12. The Hall–Kier alpha value is 1.42. The van der Waals surface area contributed by atoms with E-state index in [2.05, 4.69) is 3.63 Å². The molecule has 0 aromatic heterocycles. The molecule has 57 valence electrons. The van der Waals surface area contributed by atoms with Gasteiger partial charge in [0.15, 0.2) is 0 Å². The van der Waals surface area contributed by atoms with Gasteiger partial charge in [0.1, 0.15) is 0 Å². The van der Waals surface area contributed by atoms with Gasteiger partial charge in [0.25, 0.3) is 0 Å². The van der Waals surface area contributed by atoms with E-state index in [1.807, 2.05) is 0 Å². The first-order valence-corrected chi connectivity index (χ1v) is 4.10. The molecule has 0 saturated carbocycles. The van der Waals surface area contributed by atoms with Crippen molar-refractivity contribution < 1.29 is 29.6 Å². The Balaban J connectivity index is 0. The van der Waals surface area contributed by atoms with E-state index >= 15 is 0 Å². The summed E-state index contributed by atoms with van der Waals surface area (Å²) in [6.07, 6.45) is 0. The van der Waals surface area contributed by atoms with Crippen LogP contribution in [0.25, 0.3) is 0 Å². The molecule has 0 aromatic carbocycles. The molecule has 0 aliphatic heterocycles. The molecule has 0 aliphatic rings. The van der Waals surface area contributed by atoms with Crippen LogP contribution in [0.4, 0.5) is 0 Å². The van der Waals surface area contributed by atoms with Gasteiger partial charge in [-0.2, -0.15) is 16.8 Å². The third-order valence-corrected chi connectivity index (χ3v) is 1.55. The molecule has 0 rings (SSSR count). The third-order valence-electron chi connectivity index (χ3n) is 0.172. The van der Waals surface area contributed by atoms with Crippen LogP contribution in [-0.2, 0) is 24.4 Å². The van der Waals surface area contributed by atoms with Gasteiger partial charge < -0.3 is 0 Å². The second-order valence-corrected chi connectivity index (χ2v) is 3.18. The van der Waals surface area contributed by atoms with Gasteiger partial charge in [-0.1, -0.05) is 0 Å². The molecule has 7 nitrogen and oxygen atoms in total. The zero-order chi connectivity index (χ0) is 7.71. The molecular formula is H2KO7S2. The summed E-state index contributed by atoms with van der Waals surface area (Å²) < 4.78 is 55.6. The summed E-state index contributed by atoms with van der Waals surface area (Å²) in [7, 11) is -10.2. The first kappa shape index (κ1) is 14.0. The maximum absolute atomic E-state index is 9.44.